The maximum atomic E-state index is 12.3. The maximum absolute atomic E-state index is 12.3. The standard InChI is InChI=1S/C13H20N2O4S/c1-8(2)7-14-20(18,19)13-10(4)6-9(3)12(11(13)5)15(16)17/h6,8,14H,7H2,1-5H3. The van der Waals surface area contributed by atoms with Gasteiger partial charge in [-0.2, -0.15) is 0 Å². The lowest BCUT2D eigenvalue weighted by Crippen LogP contribution is -2.29. The molecule has 1 aromatic rings. The Kier molecular flexibility index (Phi) is 4.88. The van der Waals surface area contributed by atoms with E-state index in [0.29, 0.717) is 17.7 Å². The molecule has 0 atom stereocenters. The summed E-state index contributed by atoms with van der Waals surface area (Å²) in [5, 5.41) is 11.1. The molecule has 7 heteroatoms. The van der Waals surface area contributed by atoms with Crippen LogP contribution in [-0.2, 0) is 10.0 Å². The zero-order chi connectivity index (χ0) is 15.7. The minimum atomic E-state index is -3.74. The van der Waals surface area contributed by atoms with Crippen LogP contribution in [0.3, 0.4) is 0 Å². The summed E-state index contributed by atoms with van der Waals surface area (Å²) in [5.41, 5.74) is 1.03. The Morgan fingerprint density at radius 3 is 2.25 bits per heavy atom. The lowest BCUT2D eigenvalue weighted by Gasteiger charge is -2.14. The van der Waals surface area contributed by atoms with Gasteiger partial charge in [-0.1, -0.05) is 13.8 Å². The van der Waals surface area contributed by atoms with Crippen LogP contribution in [0.5, 0.6) is 0 Å². The SMILES string of the molecule is Cc1cc(C)c(S(=O)(=O)NCC(C)C)c(C)c1[N+](=O)[O-]. The second-order valence-electron chi connectivity index (χ2n) is 5.32. The van der Waals surface area contributed by atoms with Crippen molar-refractivity contribution >= 4 is 15.7 Å². The van der Waals surface area contributed by atoms with Crippen LogP contribution >= 0.6 is 0 Å². The molecular weight excluding hydrogens is 280 g/mol. The number of rotatable bonds is 5. The lowest BCUT2D eigenvalue weighted by atomic mass is 10.1. The van der Waals surface area contributed by atoms with E-state index in [1.54, 1.807) is 13.8 Å². The van der Waals surface area contributed by atoms with Gasteiger partial charge in [0.1, 0.15) is 0 Å². The van der Waals surface area contributed by atoms with Crippen molar-refractivity contribution in [2.24, 2.45) is 5.92 Å². The molecular formula is C13H20N2O4S. The average Bonchev–Trinajstić information content (AvgIpc) is 2.24. The predicted molar refractivity (Wildman–Crippen MR) is 77.3 cm³/mol. The van der Waals surface area contributed by atoms with E-state index in [1.807, 2.05) is 13.8 Å². The van der Waals surface area contributed by atoms with Gasteiger partial charge in [0.2, 0.25) is 10.0 Å². The maximum Gasteiger partial charge on any atom is 0.276 e. The van der Waals surface area contributed by atoms with Crippen molar-refractivity contribution in [3.05, 3.63) is 32.9 Å². The second-order valence-corrected chi connectivity index (χ2v) is 7.02. The molecule has 0 unspecified atom stereocenters. The molecule has 20 heavy (non-hydrogen) atoms. The fraction of sp³-hybridized carbons (Fsp3) is 0.538. The molecule has 0 aliphatic heterocycles. The summed E-state index contributed by atoms with van der Waals surface area (Å²) in [7, 11) is -3.74. The molecule has 0 radical (unpaired) electrons. The number of nitro benzene ring substituents is 1. The van der Waals surface area contributed by atoms with Crippen LogP contribution in [0.2, 0.25) is 0 Å². The number of nitro groups is 1. The molecule has 112 valence electrons. The largest absolute Gasteiger partial charge is 0.276 e. The predicted octanol–water partition coefficient (Wildman–Crippen LogP) is 2.45. The highest BCUT2D eigenvalue weighted by Crippen LogP contribution is 2.31. The number of hydrogen-bond donors (Lipinski definition) is 1. The Balaban J connectivity index is 3.46. The van der Waals surface area contributed by atoms with E-state index in [1.165, 1.54) is 13.0 Å². The molecule has 0 aromatic heterocycles. The number of benzene rings is 1. The minimum absolute atomic E-state index is 0.00968. The second kappa shape index (κ2) is 5.88. The van der Waals surface area contributed by atoms with Gasteiger partial charge in [0.25, 0.3) is 5.69 Å². The highest BCUT2D eigenvalue weighted by atomic mass is 32.2. The van der Waals surface area contributed by atoms with Crippen molar-refractivity contribution in [1.29, 1.82) is 0 Å². The number of nitrogens with one attached hydrogen (secondary N) is 1. The molecule has 0 aliphatic rings. The fourth-order valence-electron chi connectivity index (χ4n) is 2.20. The molecule has 0 bridgehead atoms. The third kappa shape index (κ3) is 3.34. The zero-order valence-corrected chi connectivity index (χ0v) is 13.2. The molecule has 0 amide bonds. The van der Waals surface area contributed by atoms with Crippen LogP contribution in [-0.4, -0.2) is 19.9 Å². The Morgan fingerprint density at radius 1 is 1.25 bits per heavy atom. The first-order chi connectivity index (χ1) is 9.08. The third-order valence-corrected chi connectivity index (χ3v) is 4.71. The van der Waals surface area contributed by atoms with E-state index >= 15 is 0 Å². The number of sulfonamides is 1. The summed E-state index contributed by atoms with van der Waals surface area (Å²) >= 11 is 0. The van der Waals surface area contributed by atoms with Crippen molar-refractivity contribution in [3.63, 3.8) is 0 Å². The normalized spacial score (nSPS) is 11.9. The molecule has 0 spiro atoms. The van der Waals surface area contributed by atoms with Gasteiger partial charge in [-0.05, 0) is 38.3 Å². The molecule has 1 rings (SSSR count). The average molecular weight is 300 g/mol. The van der Waals surface area contributed by atoms with Gasteiger partial charge in [-0.25, -0.2) is 13.1 Å². The molecule has 0 saturated carbocycles. The van der Waals surface area contributed by atoms with Crippen molar-refractivity contribution in [1.82, 2.24) is 4.72 Å². The van der Waals surface area contributed by atoms with Gasteiger partial charge in [-0.3, -0.25) is 10.1 Å². The highest BCUT2D eigenvalue weighted by Gasteiger charge is 2.27. The molecule has 6 nitrogen and oxygen atoms in total. The summed E-state index contributed by atoms with van der Waals surface area (Å²) in [5.74, 6) is 0.158. The Bertz CT molecular complexity index is 636. The van der Waals surface area contributed by atoms with Gasteiger partial charge in [0, 0.05) is 17.7 Å². The van der Waals surface area contributed by atoms with E-state index in [2.05, 4.69) is 4.72 Å². The van der Waals surface area contributed by atoms with Gasteiger partial charge in [0.05, 0.1) is 9.82 Å². The Labute approximate surface area is 119 Å². The van der Waals surface area contributed by atoms with Crippen molar-refractivity contribution in [3.8, 4) is 0 Å². The summed E-state index contributed by atoms with van der Waals surface area (Å²) in [6.45, 7) is 8.80. The van der Waals surface area contributed by atoms with Crippen LogP contribution in [0.15, 0.2) is 11.0 Å². The molecule has 1 N–H and O–H groups in total. The van der Waals surface area contributed by atoms with Crippen molar-refractivity contribution in [2.75, 3.05) is 6.54 Å². The highest BCUT2D eigenvalue weighted by molar-refractivity contribution is 7.89. The van der Waals surface area contributed by atoms with E-state index in [4.69, 9.17) is 0 Å². The topological polar surface area (TPSA) is 89.3 Å². The summed E-state index contributed by atoms with van der Waals surface area (Å²) in [6, 6.07) is 1.54. The van der Waals surface area contributed by atoms with Gasteiger partial charge < -0.3 is 0 Å². The first-order valence-corrected chi connectivity index (χ1v) is 7.81. The van der Waals surface area contributed by atoms with Crippen LogP contribution in [0.25, 0.3) is 0 Å². The molecule has 0 aliphatic carbocycles. The van der Waals surface area contributed by atoms with Crippen LogP contribution in [0.1, 0.15) is 30.5 Å². The van der Waals surface area contributed by atoms with Crippen LogP contribution in [0, 0.1) is 36.8 Å². The first-order valence-electron chi connectivity index (χ1n) is 6.32. The Morgan fingerprint density at radius 2 is 1.80 bits per heavy atom. The van der Waals surface area contributed by atoms with Gasteiger partial charge in [-0.15, -0.1) is 0 Å². The summed E-state index contributed by atoms with van der Waals surface area (Å²) in [4.78, 5) is 10.6. The fourth-order valence-corrected chi connectivity index (χ4v) is 3.88. The number of aryl methyl sites for hydroxylation is 2. The Hall–Kier alpha value is -1.47. The number of nitrogens with zero attached hydrogens (tertiary/aromatic N) is 1. The van der Waals surface area contributed by atoms with Gasteiger partial charge >= 0.3 is 0 Å². The van der Waals surface area contributed by atoms with Crippen LogP contribution in [0.4, 0.5) is 5.69 Å². The summed E-state index contributed by atoms with van der Waals surface area (Å²) < 4.78 is 27.2. The zero-order valence-electron chi connectivity index (χ0n) is 12.4. The van der Waals surface area contributed by atoms with E-state index in [-0.39, 0.29) is 22.1 Å². The molecule has 0 fully saturated rings. The number of hydrogen-bond acceptors (Lipinski definition) is 4. The third-order valence-electron chi connectivity index (χ3n) is 2.99. The van der Waals surface area contributed by atoms with Gasteiger partial charge in [0.15, 0.2) is 0 Å². The molecule has 1 aromatic carbocycles. The van der Waals surface area contributed by atoms with E-state index < -0.39 is 14.9 Å². The van der Waals surface area contributed by atoms with E-state index in [9.17, 15) is 18.5 Å². The summed E-state index contributed by atoms with van der Waals surface area (Å²) in [6.07, 6.45) is 0. The smallest absolute Gasteiger partial charge is 0.258 e. The quantitative estimate of drug-likeness (QED) is 0.668. The molecule has 0 saturated heterocycles. The minimum Gasteiger partial charge on any atom is -0.258 e. The lowest BCUT2D eigenvalue weighted by molar-refractivity contribution is -0.386. The van der Waals surface area contributed by atoms with Crippen molar-refractivity contribution < 1.29 is 13.3 Å². The van der Waals surface area contributed by atoms with Crippen molar-refractivity contribution in [2.45, 2.75) is 39.5 Å². The van der Waals surface area contributed by atoms with Crippen LogP contribution < -0.4 is 4.72 Å². The molecule has 0 heterocycles. The van der Waals surface area contributed by atoms with E-state index in [0.717, 1.165) is 0 Å². The first kappa shape index (κ1) is 16.6. The monoisotopic (exact) mass is 300 g/mol.